The third-order valence-corrected chi connectivity index (χ3v) is 8.32. The zero-order valence-electron chi connectivity index (χ0n) is 25.0. The third kappa shape index (κ3) is 6.71. The number of amides is 1. The molecule has 0 saturated carbocycles. The van der Waals surface area contributed by atoms with Crippen LogP contribution in [0.2, 0.25) is 5.02 Å². The minimum absolute atomic E-state index is 0.101. The van der Waals surface area contributed by atoms with Gasteiger partial charge in [-0.2, -0.15) is 0 Å². The molecular weight excluding hydrogens is 582 g/mol. The van der Waals surface area contributed by atoms with Crippen molar-refractivity contribution in [2.24, 2.45) is 0 Å². The molecular formula is C34H36ClN3O4S. The maximum Gasteiger partial charge on any atom is 0.266 e. The van der Waals surface area contributed by atoms with Crippen molar-refractivity contribution in [3.63, 3.8) is 0 Å². The summed E-state index contributed by atoms with van der Waals surface area (Å²) in [4.78, 5) is 35.6. The van der Waals surface area contributed by atoms with E-state index in [0.29, 0.717) is 70.3 Å². The highest BCUT2D eigenvalue weighted by molar-refractivity contribution is 7.13. The number of pyridine rings is 1. The number of likely N-dealkylation sites (tertiary alicyclic amines) is 1. The van der Waals surface area contributed by atoms with Gasteiger partial charge in [-0.3, -0.25) is 14.2 Å². The zero-order chi connectivity index (χ0) is 30.5. The number of carbonyl (C=O) groups is 1. The van der Waals surface area contributed by atoms with Crippen molar-refractivity contribution in [1.29, 1.82) is 0 Å². The Bertz CT molecular complexity index is 1700. The van der Waals surface area contributed by atoms with Crippen LogP contribution in [-0.4, -0.2) is 46.7 Å². The van der Waals surface area contributed by atoms with E-state index < -0.39 is 0 Å². The predicted molar refractivity (Wildman–Crippen MR) is 175 cm³/mol. The van der Waals surface area contributed by atoms with E-state index in [0.717, 1.165) is 36.1 Å². The number of halogens is 1. The van der Waals surface area contributed by atoms with Crippen LogP contribution in [0.1, 0.15) is 63.0 Å². The Kier molecular flexibility index (Phi) is 9.68. The van der Waals surface area contributed by atoms with Gasteiger partial charge in [-0.25, -0.2) is 4.98 Å². The number of thiazole rings is 1. The van der Waals surface area contributed by atoms with Gasteiger partial charge in [0.05, 0.1) is 41.4 Å². The number of hydrogen-bond donors (Lipinski definition) is 0. The van der Waals surface area contributed by atoms with Crippen molar-refractivity contribution >= 4 is 34.9 Å². The number of hydrogen-bond acceptors (Lipinski definition) is 6. The predicted octanol–water partition coefficient (Wildman–Crippen LogP) is 8.13. The molecule has 0 aliphatic carbocycles. The minimum atomic E-state index is -0.297. The summed E-state index contributed by atoms with van der Waals surface area (Å²) in [5.41, 5.74) is 4.09. The molecule has 0 unspecified atom stereocenters. The number of benzene rings is 2. The lowest BCUT2D eigenvalue weighted by molar-refractivity contribution is 0.0723. The first-order valence-electron chi connectivity index (χ1n) is 14.7. The van der Waals surface area contributed by atoms with Crippen LogP contribution in [0.25, 0.3) is 33.6 Å². The first kappa shape index (κ1) is 30.6. The van der Waals surface area contributed by atoms with Crippen molar-refractivity contribution in [1.82, 2.24) is 14.5 Å². The standard InChI is InChI=1S/C34H36ClN3O4S/c1-5-41-25-14-15-31(42-6-2)30(19-25)38-29(18-22(3)4)26(33(39)37-16-8-7-9-17-37)20-27(34(38)40)32-36-28(21-43-32)23-10-12-24(35)13-11-23/h10-15,18-21H,5-9,16-17H2,1-4H3. The quantitative estimate of drug-likeness (QED) is 0.190. The summed E-state index contributed by atoms with van der Waals surface area (Å²) in [5, 5.41) is 3.08. The molecule has 5 rings (SSSR count). The first-order chi connectivity index (χ1) is 20.8. The molecule has 1 amide bonds. The maximum absolute atomic E-state index is 14.6. The van der Waals surface area contributed by atoms with Gasteiger partial charge in [-0.15, -0.1) is 11.3 Å². The Balaban J connectivity index is 1.80. The van der Waals surface area contributed by atoms with E-state index in [9.17, 15) is 9.59 Å². The van der Waals surface area contributed by atoms with Gasteiger partial charge in [-0.1, -0.05) is 29.3 Å². The van der Waals surface area contributed by atoms with Gasteiger partial charge < -0.3 is 14.4 Å². The van der Waals surface area contributed by atoms with E-state index in [1.807, 2.05) is 80.4 Å². The molecule has 4 aromatic rings. The molecule has 0 atom stereocenters. The van der Waals surface area contributed by atoms with Crippen LogP contribution in [-0.2, 0) is 0 Å². The Morgan fingerprint density at radius 1 is 1.00 bits per heavy atom. The summed E-state index contributed by atoms with van der Waals surface area (Å²) in [6, 6.07) is 14.6. The Morgan fingerprint density at radius 3 is 2.40 bits per heavy atom. The first-order valence-corrected chi connectivity index (χ1v) is 15.9. The molecule has 1 saturated heterocycles. The molecule has 0 N–H and O–H groups in total. The molecule has 0 bridgehead atoms. The molecule has 0 spiro atoms. The molecule has 1 aliphatic heterocycles. The normalized spacial score (nSPS) is 13.1. The average molecular weight is 618 g/mol. The lowest BCUT2D eigenvalue weighted by Gasteiger charge is -2.28. The minimum Gasteiger partial charge on any atom is -0.494 e. The van der Waals surface area contributed by atoms with Crippen LogP contribution >= 0.6 is 22.9 Å². The van der Waals surface area contributed by atoms with Crippen molar-refractivity contribution in [2.75, 3.05) is 26.3 Å². The third-order valence-electron chi connectivity index (χ3n) is 7.19. The summed E-state index contributed by atoms with van der Waals surface area (Å²) in [7, 11) is 0. The summed E-state index contributed by atoms with van der Waals surface area (Å²) >= 11 is 7.47. The lowest BCUT2D eigenvalue weighted by Crippen LogP contribution is -2.37. The van der Waals surface area contributed by atoms with Crippen LogP contribution in [0.15, 0.2) is 64.3 Å². The fourth-order valence-electron chi connectivity index (χ4n) is 5.23. The van der Waals surface area contributed by atoms with Crippen LogP contribution < -0.4 is 15.0 Å². The van der Waals surface area contributed by atoms with Crippen molar-refractivity contribution in [3.05, 3.63) is 86.1 Å². The Hall–Kier alpha value is -3.88. The molecule has 2 aromatic carbocycles. The second-order valence-electron chi connectivity index (χ2n) is 10.6. The smallest absolute Gasteiger partial charge is 0.266 e. The van der Waals surface area contributed by atoms with Gasteiger partial charge in [0.15, 0.2) is 0 Å². The average Bonchev–Trinajstić information content (AvgIpc) is 3.49. The van der Waals surface area contributed by atoms with Crippen molar-refractivity contribution in [3.8, 4) is 39.0 Å². The van der Waals surface area contributed by atoms with Crippen LogP contribution in [0, 0.1) is 0 Å². The monoisotopic (exact) mass is 617 g/mol. The molecule has 224 valence electrons. The van der Waals surface area contributed by atoms with E-state index >= 15 is 0 Å². The number of carbonyl (C=O) groups excluding carboxylic acids is 1. The SMILES string of the molecule is CCOc1ccc(OCC)c(-n2c(C=C(C)C)c(C(=O)N3CCCCC3)cc(-c3nc(-c4ccc(Cl)cc4)cs3)c2=O)c1. The maximum atomic E-state index is 14.6. The highest BCUT2D eigenvalue weighted by atomic mass is 35.5. The number of rotatable bonds is 9. The number of allylic oxidation sites excluding steroid dienone is 1. The summed E-state index contributed by atoms with van der Waals surface area (Å²) < 4.78 is 13.4. The van der Waals surface area contributed by atoms with Crippen LogP contribution in [0.4, 0.5) is 0 Å². The number of nitrogens with zero attached hydrogens (tertiary/aromatic N) is 3. The Labute approximate surface area is 261 Å². The topological polar surface area (TPSA) is 73.7 Å². The molecule has 1 aliphatic rings. The number of aromatic nitrogens is 2. The van der Waals surface area contributed by atoms with Gasteiger partial charge in [-0.05, 0) is 83.4 Å². The van der Waals surface area contributed by atoms with Crippen molar-refractivity contribution in [2.45, 2.75) is 47.0 Å². The Morgan fingerprint density at radius 2 is 1.72 bits per heavy atom. The summed E-state index contributed by atoms with van der Waals surface area (Å²) in [6.45, 7) is 9.96. The van der Waals surface area contributed by atoms with Gasteiger partial charge in [0.1, 0.15) is 16.5 Å². The summed E-state index contributed by atoms with van der Waals surface area (Å²) in [6.07, 6.45) is 4.91. The highest BCUT2D eigenvalue weighted by Crippen LogP contribution is 2.34. The second-order valence-corrected chi connectivity index (χ2v) is 11.9. The number of ether oxygens (including phenoxy) is 2. The van der Waals surface area contributed by atoms with Gasteiger partial charge in [0.2, 0.25) is 0 Å². The fourth-order valence-corrected chi connectivity index (χ4v) is 6.20. The van der Waals surface area contributed by atoms with E-state index in [4.69, 9.17) is 26.1 Å². The summed E-state index contributed by atoms with van der Waals surface area (Å²) in [5.74, 6) is 1.02. The zero-order valence-corrected chi connectivity index (χ0v) is 26.6. The molecule has 2 aromatic heterocycles. The molecule has 0 radical (unpaired) electrons. The van der Waals surface area contributed by atoms with E-state index in [2.05, 4.69) is 0 Å². The fraction of sp³-hybridized carbons (Fsp3) is 0.324. The molecule has 1 fully saturated rings. The highest BCUT2D eigenvalue weighted by Gasteiger charge is 2.27. The number of piperidine rings is 1. The second kappa shape index (κ2) is 13.6. The molecule has 7 nitrogen and oxygen atoms in total. The van der Waals surface area contributed by atoms with E-state index in [1.165, 1.54) is 11.3 Å². The van der Waals surface area contributed by atoms with Crippen LogP contribution in [0.3, 0.4) is 0 Å². The van der Waals surface area contributed by atoms with E-state index in [1.54, 1.807) is 16.7 Å². The van der Waals surface area contributed by atoms with E-state index in [-0.39, 0.29) is 11.5 Å². The van der Waals surface area contributed by atoms with Gasteiger partial charge in [0.25, 0.3) is 11.5 Å². The molecule has 3 heterocycles. The molecule has 43 heavy (non-hydrogen) atoms. The van der Waals surface area contributed by atoms with Crippen LogP contribution in [0.5, 0.6) is 11.5 Å². The van der Waals surface area contributed by atoms with Crippen molar-refractivity contribution < 1.29 is 14.3 Å². The lowest BCUT2D eigenvalue weighted by atomic mass is 10.0. The van der Waals surface area contributed by atoms with Gasteiger partial charge in [0, 0.05) is 35.1 Å². The largest absolute Gasteiger partial charge is 0.494 e. The molecule has 9 heteroatoms. The van der Waals surface area contributed by atoms with Gasteiger partial charge >= 0.3 is 0 Å².